The van der Waals surface area contributed by atoms with E-state index in [-0.39, 0.29) is 23.8 Å². The van der Waals surface area contributed by atoms with E-state index in [9.17, 15) is 15.2 Å². The van der Waals surface area contributed by atoms with E-state index >= 15 is 0 Å². The van der Waals surface area contributed by atoms with E-state index in [0.29, 0.717) is 18.8 Å². The van der Waals surface area contributed by atoms with Crippen LogP contribution in [0.15, 0.2) is 12.1 Å². The minimum absolute atomic E-state index is 0.0737. The van der Waals surface area contributed by atoms with Crippen LogP contribution in [0.25, 0.3) is 0 Å². The molecule has 0 saturated carbocycles. The fraction of sp³-hybridized carbons (Fsp3) is 0.500. The van der Waals surface area contributed by atoms with Gasteiger partial charge in [0.25, 0.3) is 0 Å². The molecule has 0 spiro atoms. The van der Waals surface area contributed by atoms with Crippen molar-refractivity contribution in [2.75, 3.05) is 34.0 Å². The van der Waals surface area contributed by atoms with Crippen molar-refractivity contribution >= 4 is 5.69 Å². The third-order valence-corrected chi connectivity index (χ3v) is 3.33. The van der Waals surface area contributed by atoms with E-state index < -0.39 is 10.3 Å². The lowest BCUT2D eigenvalue weighted by Gasteiger charge is -2.40. The number of hydrogen-bond donors (Lipinski definition) is 1. The summed E-state index contributed by atoms with van der Waals surface area (Å²) in [5.74, 6) is 0.344. The van der Waals surface area contributed by atoms with Crippen LogP contribution in [0.4, 0.5) is 5.69 Å². The first-order valence-corrected chi connectivity index (χ1v) is 5.67. The Bertz CT molecular complexity index is 492. The number of ether oxygens (including phenoxy) is 3. The molecule has 1 heterocycles. The number of aliphatic hydroxyl groups excluding tert-OH is 1. The van der Waals surface area contributed by atoms with Gasteiger partial charge in [0.05, 0.1) is 44.4 Å². The van der Waals surface area contributed by atoms with Crippen molar-refractivity contribution in [3.8, 4) is 11.5 Å². The van der Waals surface area contributed by atoms with E-state index in [2.05, 4.69) is 0 Å². The fourth-order valence-electron chi connectivity index (χ4n) is 2.08. The molecule has 2 rings (SSSR count). The zero-order chi connectivity index (χ0) is 14.0. The second-order valence-electron chi connectivity index (χ2n) is 4.42. The predicted molar refractivity (Wildman–Crippen MR) is 65.8 cm³/mol. The number of nitro benzene ring substituents is 1. The summed E-state index contributed by atoms with van der Waals surface area (Å²) in [6.07, 6.45) is 0. The standard InChI is InChI=1S/C12H15NO6/c1-17-10-4-8(12(5-14)6-19-7-12)3-9(13(15)16)11(10)18-2/h3-4,14H,5-7H2,1-2H3. The minimum Gasteiger partial charge on any atom is -0.493 e. The number of methoxy groups -OCH3 is 2. The van der Waals surface area contributed by atoms with Gasteiger partial charge in [0.15, 0.2) is 5.75 Å². The summed E-state index contributed by atoms with van der Waals surface area (Å²) in [7, 11) is 2.76. The number of rotatable bonds is 5. The third kappa shape index (κ3) is 2.11. The van der Waals surface area contributed by atoms with Crippen LogP contribution in [0.3, 0.4) is 0 Å². The number of aliphatic hydroxyl groups is 1. The predicted octanol–water partition coefficient (Wildman–Crippen LogP) is 0.872. The van der Waals surface area contributed by atoms with Crippen LogP contribution in [0.5, 0.6) is 11.5 Å². The summed E-state index contributed by atoms with van der Waals surface area (Å²) in [5.41, 5.74) is -0.160. The molecule has 1 fully saturated rings. The normalized spacial score (nSPS) is 16.6. The minimum atomic E-state index is -0.593. The Morgan fingerprint density at radius 2 is 2.11 bits per heavy atom. The van der Waals surface area contributed by atoms with Crippen molar-refractivity contribution < 1.29 is 24.2 Å². The Kier molecular flexibility index (Phi) is 3.59. The van der Waals surface area contributed by atoms with Crippen molar-refractivity contribution in [3.63, 3.8) is 0 Å². The summed E-state index contributed by atoms with van der Waals surface area (Å²) < 4.78 is 15.3. The van der Waals surface area contributed by atoms with Crippen LogP contribution < -0.4 is 9.47 Å². The van der Waals surface area contributed by atoms with Crippen LogP contribution >= 0.6 is 0 Å². The number of nitro groups is 1. The van der Waals surface area contributed by atoms with Crippen LogP contribution in [-0.4, -0.2) is 44.1 Å². The van der Waals surface area contributed by atoms with Crippen molar-refractivity contribution in [1.82, 2.24) is 0 Å². The largest absolute Gasteiger partial charge is 0.493 e. The molecule has 7 nitrogen and oxygen atoms in total. The molecule has 0 unspecified atom stereocenters. The number of hydrogen-bond acceptors (Lipinski definition) is 6. The second kappa shape index (κ2) is 5.02. The van der Waals surface area contributed by atoms with Crippen LogP contribution in [0, 0.1) is 10.1 Å². The molecule has 1 aliphatic heterocycles. The van der Waals surface area contributed by atoms with E-state index in [1.165, 1.54) is 20.3 Å². The first-order chi connectivity index (χ1) is 9.07. The Labute approximate surface area is 109 Å². The highest BCUT2D eigenvalue weighted by Crippen LogP contribution is 2.43. The van der Waals surface area contributed by atoms with E-state index in [1.807, 2.05) is 0 Å². The van der Waals surface area contributed by atoms with Crippen molar-refractivity contribution in [2.45, 2.75) is 5.41 Å². The van der Waals surface area contributed by atoms with Gasteiger partial charge in [-0.1, -0.05) is 0 Å². The van der Waals surface area contributed by atoms with Crippen molar-refractivity contribution in [3.05, 3.63) is 27.8 Å². The molecule has 0 aliphatic carbocycles. The molecule has 7 heteroatoms. The van der Waals surface area contributed by atoms with Crippen LogP contribution in [-0.2, 0) is 10.2 Å². The van der Waals surface area contributed by atoms with Gasteiger partial charge in [-0.25, -0.2) is 0 Å². The van der Waals surface area contributed by atoms with Gasteiger partial charge in [-0.2, -0.15) is 0 Å². The monoisotopic (exact) mass is 269 g/mol. The number of nitrogens with zero attached hydrogens (tertiary/aromatic N) is 1. The van der Waals surface area contributed by atoms with E-state index in [0.717, 1.165) is 0 Å². The Hall–Kier alpha value is -1.86. The lowest BCUT2D eigenvalue weighted by Crippen LogP contribution is -2.49. The highest BCUT2D eigenvalue weighted by atomic mass is 16.6. The molecule has 0 atom stereocenters. The number of benzene rings is 1. The molecule has 0 radical (unpaired) electrons. The van der Waals surface area contributed by atoms with Gasteiger partial charge < -0.3 is 19.3 Å². The first kappa shape index (κ1) is 13.6. The Morgan fingerprint density at radius 1 is 1.42 bits per heavy atom. The lowest BCUT2D eigenvalue weighted by atomic mass is 9.79. The van der Waals surface area contributed by atoms with Gasteiger partial charge in [-0.05, 0) is 11.6 Å². The SMILES string of the molecule is COc1cc(C2(CO)COC2)cc([N+](=O)[O-])c1OC. The molecule has 0 aromatic heterocycles. The Balaban J connectivity index is 2.58. The van der Waals surface area contributed by atoms with Crippen molar-refractivity contribution in [2.24, 2.45) is 0 Å². The molecular weight excluding hydrogens is 254 g/mol. The van der Waals surface area contributed by atoms with Crippen LogP contribution in [0.2, 0.25) is 0 Å². The van der Waals surface area contributed by atoms with Crippen molar-refractivity contribution in [1.29, 1.82) is 0 Å². The Morgan fingerprint density at radius 3 is 2.47 bits per heavy atom. The van der Waals surface area contributed by atoms with Gasteiger partial charge in [-0.3, -0.25) is 10.1 Å². The quantitative estimate of drug-likeness (QED) is 0.630. The van der Waals surface area contributed by atoms with Gasteiger partial charge in [0.1, 0.15) is 0 Å². The maximum atomic E-state index is 11.1. The van der Waals surface area contributed by atoms with E-state index in [4.69, 9.17) is 14.2 Å². The molecule has 0 bridgehead atoms. The maximum Gasteiger partial charge on any atom is 0.315 e. The summed E-state index contributed by atoms with van der Waals surface area (Å²) in [4.78, 5) is 10.6. The average molecular weight is 269 g/mol. The maximum absolute atomic E-state index is 11.1. The molecule has 1 saturated heterocycles. The zero-order valence-corrected chi connectivity index (χ0v) is 10.7. The lowest BCUT2D eigenvalue weighted by molar-refractivity contribution is -0.386. The molecule has 1 aromatic rings. The topological polar surface area (TPSA) is 91.1 Å². The highest BCUT2D eigenvalue weighted by molar-refractivity contribution is 5.59. The van der Waals surface area contributed by atoms with Crippen LogP contribution in [0.1, 0.15) is 5.56 Å². The third-order valence-electron chi connectivity index (χ3n) is 3.33. The highest BCUT2D eigenvalue weighted by Gasteiger charge is 2.42. The van der Waals surface area contributed by atoms with Gasteiger partial charge in [-0.15, -0.1) is 0 Å². The first-order valence-electron chi connectivity index (χ1n) is 5.67. The molecule has 19 heavy (non-hydrogen) atoms. The van der Waals surface area contributed by atoms with Gasteiger partial charge >= 0.3 is 5.69 Å². The summed E-state index contributed by atoms with van der Waals surface area (Å²) in [6.45, 7) is 0.520. The summed E-state index contributed by atoms with van der Waals surface area (Å²) >= 11 is 0. The van der Waals surface area contributed by atoms with Gasteiger partial charge in [0.2, 0.25) is 5.75 Å². The molecule has 1 aromatic carbocycles. The van der Waals surface area contributed by atoms with Gasteiger partial charge in [0, 0.05) is 6.07 Å². The molecular formula is C12H15NO6. The summed E-state index contributed by atoms with van der Waals surface area (Å²) in [6, 6.07) is 3.05. The summed E-state index contributed by atoms with van der Waals surface area (Å²) in [5, 5.41) is 20.6. The average Bonchev–Trinajstić information content (AvgIpc) is 2.36. The smallest absolute Gasteiger partial charge is 0.315 e. The fourth-order valence-corrected chi connectivity index (χ4v) is 2.08. The molecule has 104 valence electrons. The zero-order valence-electron chi connectivity index (χ0n) is 10.7. The molecule has 1 aliphatic rings. The molecule has 1 N–H and O–H groups in total. The van der Waals surface area contributed by atoms with E-state index in [1.54, 1.807) is 6.07 Å². The second-order valence-corrected chi connectivity index (χ2v) is 4.42. The molecule has 0 amide bonds.